The number of rotatable bonds is 5. The van der Waals surface area contributed by atoms with Gasteiger partial charge in [-0.1, -0.05) is 54.1 Å². The largest absolute Gasteiger partial charge is 0.396 e. The summed E-state index contributed by atoms with van der Waals surface area (Å²) >= 11 is 6.02. The molecule has 6 heteroatoms. The van der Waals surface area contributed by atoms with Gasteiger partial charge in [-0.3, -0.25) is 0 Å². The van der Waals surface area contributed by atoms with Crippen LogP contribution in [0.4, 0.5) is 5.95 Å². The van der Waals surface area contributed by atoms with Crippen LogP contribution < -0.4 is 5.32 Å². The van der Waals surface area contributed by atoms with Gasteiger partial charge in [0.1, 0.15) is 6.04 Å². The molecule has 0 amide bonds. The van der Waals surface area contributed by atoms with Gasteiger partial charge in [-0.05, 0) is 35.8 Å². The van der Waals surface area contributed by atoms with Crippen LogP contribution in [-0.4, -0.2) is 26.5 Å². The van der Waals surface area contributed by atoms with E-state index in [-0.39, 0.29) is 12.6 Å². The van der Waals surface area contributed by atoms with Crippen molar-refractivity contribution in [3.8, 4) is 0 Å². The van der Waals surface area contributed by atoms with Gasteiger partial charge < -0.3 is 10.4 Å². The van der Waals surface area contributed by atoms with E-state index in [1.54, 1.807) is 0 Å². The monoisotopic (exact) mass is 366 g/mol. The number of fused-ring (bicyclic) bond motifs is 1. The van der Waals surface area contributed by atoms with Crippen LogP contribution in [0.15, 0.2) is 60.7 Å². The number of aliphatic hydroxyl groups excluding tert-OH is 1. The minimum absolute atomic E-state index is 0.0477. The summed E-state index contributed by atoms with van der Waals surface area (Å²) in [6.45, 7) is 0.133. The summed E-state index contributed by atoms with van der Waals surface area (Å²) in [5.41, 5.74) is 3.16. The van der Waals surface area contributed by atoms with E-state index in [1.807, 2.05) is 47.1 Å². The zero-order valence-electron chi connectivity index (χ0n) is 14.1. The zero-order chi connectivity index (χ0) is 17.9. The standard InChI is InChI=1S/C20H19ClN4O/c21-16-10-8-14(9-11-16)17-13-18(15-5-2-1-3-6-15)25-20(22-17)23-19(24-25)7-4-12-26/h1-3,5-6,8-11,13,18,26H,4,7,12H2,(H,22,23,24)/t18-/m0/s1. The van der Waals surface area contributed by atoms with E-state index in [0.717, 1.165) is 22.6 Å². The summed E-state index contributed by atoms with van der Waals surface area (Å²) in [6, 6.07) is 17.9. The lowest BCUT2D eigenvalue weighted by atomic mass is 10.0. The molecule has 3 aromatic rings. The summed E-state index contributed by atoms with van der Waals surface area (Å²) in [5.74, 6) is 1.44. The quantitative estimate of drug-likeness (QED) is 0.718. The fourth-order valence-corrected chi connectivity index (χ4v) is 3.19. The fourth-order valence-electron chi connectivity index (χ4n) is 3.07. The molecule has 1 aliphatic rings. The van der Waals surface area contributed by atoms with Gasteiger partial charge in [0, 0.05) is 23.7 Å². The first-order valence-corrected chi connectivity index (χ1v) is 8.98. The molecular formula is C20H19ClN4O. The third-order valence-electron chi connectivity index (χ3n) is 4.36. The summed E-state index contributed by atoms with van der Waals surface area (Å²) in [5, 5.41) is 17.8. The Morgan fingerprint density at radius 3 is 2.58 bits per heavy atom. The SMILES string of the molecule is OCCCc1nc2n(n1)[C@H](c1ccccc1)C=C(c1ccc(Cl)cc1)N2. The Hall–Kier alpha value is -2.63. The number of allylic oxidation sites excluding steroid dienone is 1. The van der Waals surface area contributed by atoms with E-state index >= 15 is 0 Å². The topological polar surface area (TPSA) is 63.0 Å². The maximum Gasteiger partial charge on any atom is 0.226 e. The van der Waals surface area contributed by atoms with Crippen LogP contribution in [0.25, 0.3) is 5.70 Å². The predicted octanol–water partition coefficient (Wildman–Crippen LogP) is 3.91. The Bertz CT molecular complexity index is 919. The van der Waals surface area contributed by atoms with Crippen LogP contribution >= 0.6 is 11.6 Å². The van der Waals surface area contributed by atoms with E-state index in [2.05, 4.69) is 33.6 Å². The highest BCUT2D eigenvalue weighted by Crippen LogP contribution is 2.32. The molecule has 2 N–H and O–H groups in total. The van der Waals surface area contributed by atoms with Gasteiger partial charge in [-0.2, -0.15) is 10.1 Å². The van der Waals surface area contributed by atoms with Crippen LogP contribution in [0.3, 0.4) is 0 Å². The number of benzene rings is 2. The van der Waals surface area contributed by atoms with Crippen molar-refractivity contribution in [2.24, 2.45) is 0 Å². The van der Waals surface area contributed by atoms with E-state index in [1.165, 1.54) is 0 Å². The molecular weight excluding hydrogens is 348 g/mol. The number of nitrogens with one attached hydrogen (secondary N) is 1. The number of hydrogen-bond acceptors (Lipinski definition) is 4. The van der Waals surface area contributed by atoms with Crippen molar-refractivity contribution in [2.75, 3.05) is 11.9 Å². The Balaban J connectivity index is 1.75. The predicted molar refractivity (Wildman–Crippen MR) is 103 cm³/mol. The van der Waals surface area contributed by atoms with Crippen molar-refractivity contribution in [3.63, 3.8) is 0 Å². The van der Waals surface area contributed by atoms with Crippen LogP contribution in [-0.2, 0) is 6.42 Å². The first kappa shape index (κ1) is 16.8. The van der Waals surface area contributed by atoms with E-state index < -0.39 is 0 Å². The molecule has 0 unspecified atom stereocenters. The molecule has 132 valence electrons. The Labute approximate surface area is 157 Å². The van der Waals surface area contributed by atoms with Gasteiger partial charge in [0.15, 0.2) is 5.82 Å². The molecule has 0 radical (unpaired) electrons. The van der Waals surface area contributed by atoms with Crippen LogP contribution in [0.2, 0.25) is 5.02 Å². The lowest BCUT2D eigenvalue weighted by Crippen LogP contribution is -2.20. The second-order valence-electron chi connectivity index (χ2n) is 6.19. The van der Waals surface area contributed by atoms with Gasteiger partial charge >= 0.3 is 0 Å². The fraction of sp³-hybridized carbons (Fsp3) is 0.200. The average Bonchev–Trinajstić information content (AvgIpc) is 3.09. The van der Waals surface area contributed by atoms with Gasteiger partial charge in [0.2, 0.25) is 5.95 Å². The van der Waals surface area contributed by atoms with Crippen molar-refractivity contribution >= 4 is 23.2 Å². The van der Waals surface area contributed by atoms with E-state index in [9.17, 15) is 0 Å². The number of hydrogen-bond donors (Lipinski definition) is 2. The molecule has 0 spiro atoms. The second kappa shape index (κ2) is 7.32. The Morgan fingerprint density at radius 2 is 1.85 bits per heavy atom. The van der Waals surface area contributed by atoms with Crippen molar-refractivity contribution in [3.05, 3.63) is 82.6 Å². The van der Waals surface area contributed by atoms with Crippen molar-refractivity contribution in [1.82, 2.24) is 14.8 Å². The molecule has 2 heterocycles. The average molecular weight is 367 g/mol. The molecule has 1 atom stereocenters. The molecule has 2 aromatic carbocycles. The highest BCUT2D eigenvalue weighted by Gasteiger charge is 2.25. The molecule has 0 bridgehead atoms. The number of aromatic nitrogens is 3. The van der Waals surface area contributed by atoms with E-state index in [4.69, 9.17) is 16.7 Å². The first-order chi connectivity index (χ1) is 12.7. The number of anilines is 1. The Kier molecular flexibility index (Phi) is 4.73. The minimum atomic E-state index is -0.0477. The normalized spacial score (nSPS) is 15.9. The second-order valence-corrected chi connectivity index (χ2v) is 6.63. The first-order valence-electron chi connectivity index (χ1n) is 8.60. The number of halogens is 1. The molecule has 1 aromatic heterocycles. The highest BCUT2D eigenvalue weighted by molar-refractivity contribution is 6.30. The Morgan fingerprint density at radius 1 is 1.08 bits per heavy atom. The molecule has 0 saturated heterocycles. The molecule has 0 saturated carbocycles. The minimum Gasteiger partial charge on any atom is -0.396 e. The van der Waals surface area contributed by atoms with Crippen LogP contribution in [0.1, 0.15) is 29.4 Å². The van der Waals surface area contributed by atoms with Crippen LogP contribution in [0, 0.1) is 0 Å². The van der Waals surface area contributed by atoms with Gasteiger partial charge in [-0.25, -0.2) is 4.68 Å². The van der Waals surface area contributed by atoms with Gasteiger partial charge in [0.25, 0.3) is 0 Å². The summed E-state index contributed by atoms with van der Waals surface area (Å²) in [7, 11) is 0. The van der Waals surface area contributed by atoms with E-state index in [0.29, 0.717) is 23.8 Å². The van der Waals surface area contributed by atoms with Gasteiger partial charge in [-0.15, -0.1) is 0 Å². The molecule has 5 nitrogen and oxygen atoms in total. The highest BCUT2D eigenvalue weighted by atomic mass is 35.5. The third kappa shape index (κ3) is 3.36. The maximum absolute atomic E-state index is 9.07. The summed E-state index contributed by atoms with van der Waals surface area (Å²) in [4.78, 5) is 4.62. The molecule has 4 rings (SSSR count). The number of aryl methyl sites for hydroxylation is 1. The molecule has 0 aliphatic carbocycles. The van der Waals surface area contributed by atoms with Crippen molar-refractivity contribution in [1.29, 1.82) is 0 Å². The maximum atomic E-state index is 9.07. The van der Waals surface area contributed by atoms with Crippen molar-refractivity contribution in [2.45, 2.75) is 18.9 Å². The molecule has 0 fully saturated rings. The molecule has 26 heavy (non-hydrogen) atoms. The lowest BCUT2D eigenvalue weighted by Gasteiger charge is -2.24. The number of aliphatic hydroxyl groups is 1. The summed E-state index contributed by atoms with van der Waals surface area (Å²) < 4.78 is 1.90. The summed E-state index contributed by atoms with van der Waals surface area (Å²) in [6.07, 6.45) is 3.45. The van der Waals surface area contributed by atoms with Crippen LogP contribution in [0.5, 0.6) is 0 Å². The molecule has 1 aliphatic heterocycles. The third-order valence-corrected chi connectivity index (χ3v) is 4.62. The zero-order valence-corrected chi connectivity index (χ0v) is 14.9. The number of nitrogens with zero attached hydrogens (tertiary/aromatic N) is 3. The smallest absolute Gasteiger partial charge is 0.226 e. The van der Waals surface area contributed by atoms with Gasteiger partial charge in [0.05, 0.1) is 0 Å². The van der Waals surface area contributed by atoms with Crippen molar-refractivity contribution < 1.29 is 5.11 Å². The lowest BCUT2D eigenvalue weighted by molar-refractivity contribution is 0.287.